The van der Waals surface area contributed by atoms with Gasteiger partial charge in [0.05, 0.1) is 31.8 Å². The molecule has 0 aromatic heterocycles. The molecule has 7 atom stereocenters. The second-order valence-corrected chi connectivity index (χ2v) is 17.3. The van der Waals surface area contributed by atoms with E-state index in [0.717, 1.165) is 0 Å². The molecular formula is C41H71N11O11. The van der Waals surface area contributed by atoms with E-state index in [9.17, 15) is 53.1 Å². The van der Waals surface area contributed by atoms with Gasteiger partial charge < -0.3 is 63.2 Å². The molecule has 2 aliphatic heterocycles. The number of carbonyl (C=O) groups is 10. The number of nitrogens with one attached hydrogen (secondary N) is 8. The van der Waals surface area contributed by atoms with Crippen LogP contribution in [0.2, 0.25) is 0 Å². The van der Waals surface area contributed by atoms with Crippen LogP contribution in [0.1, 0.15) is 100 Å². The number of nitrogens with zero attached hydrogens (tertiary/aromatic N) is 2. The number of β-amino-alcohol motifs (C(OH)–C–C–N with tert-alkyl or cyclic N) is 1. The van der Waals surface area contributed by atoms with Crippen LogP contribution >= 0.6 is 0 Å². The Balaban J connectivity index is 1.99. The van der Waals surface area contributed by atoms with Gasteiger partial charge >= 0.3 is 0 Å². The van der Waals surface area contributed by atoms with Gasteiger partial charge in [-0.05, 0) is 78.1 Å². The fourth-order valence-electron chi connectivity index (χ4n) is 7.31. The fourth-order valence-corrected chi connectivity index (χ4v) is 7.31. The summed E-state index contributed by atoms with van der Waals surface area (Å²) in [6, 6.07) is -6.09. The minimum absolute atomic E-state index is 0.0362. The van der Waals surface area contributed by atoms with Crippen LogP contribution in [0.4, 0.5) is 0 Å². The monoisotopic (exact) mass is 894 g/mol. The Morgan fingerprint density at radius 2 is 1.29 bits per heavy atom. The number of carbonyl (C=O) groups excluding carboxylic acids is 10. The molecule has 22 nitrogen and oxygen atoms in total. The average Bonchev–Trinajstić information content (AvgIpc) is 3.88. The van der Waals surface area contributed by atoms with Gasteiger partial charge in [-0.3, -0.25) is 47.9 Å². The van der Waals surface area contributed by atoms with Gasteiger partial charge in [-0.25, -0.2) is 0 Å². The zero-order valence-electron chi connectivity index (χ0n) is 38.0. The molecule has 11 N–H and O–H groups in total. The van der Waals surface area contributed by atoms with E-state index in [1.807, 2.05) is 34.6 Å². The third-order valence-electron chi connectivity index (χ3n) is 10.6. The summed E-state index contributed by atoms with van der Waals surface area (Å²) in [6.45, 7) is 13.9. The highest BCUT2D eigenvalue weighted by Gasteiger charge is 2.37. The quantitative estimate of drug-likeness (QED) is 0.0430. The van der Waals surface area contributed by atoms with E-state index in [4.69, 9.17) is 5.73 Å². The van der Waals surface area contributed by atoms with Crippen molar-refractivity contribution < 1.29 is 53.1 Å². The lowest BCUT2D eigenvalue weighted by atomic mass is 10.0. The van der Waals surface area contributed by atoms with Gasteiger partial charge in [0.2, 0.25) is 59.1 Å². The predicted molar refractivity (Wildman–Crippen MR) is 229 cm³/mol. The van der Waals surface area contributed by atoms with Gasteiger partial charge in [0.25, 0.3) is 0 Å². The van der Waals surface area contributed by atoms with Gasteiger partial charge in [0.1, 0.15) is 30.2 Å². The van der Waals surface area contributed by atoms with Crippen molar-refractivity contribution >= 4 is 59.1 Å². The lowest BCUT2D eigenvalue weighted by Crippen LogP contribution is -2.57. The molecule has 356 valence electrons. The first-order valence-corrected chi connectivity index (χ1v) is 21.9. The Bertz CT molecular complexity index is 1640. The molecule has 0 bridgehead atoms. The molecule has 0 spiro atoms. The van der Waals surface area contributed by atoms with Gasteiger partial charge in [-0.2, -0.15) is 0 Å². The molecule has 2 heterocycles. The van der Waals surface area contributed by atoms with E-state index in [1.54, 1.807) is 18.7 Å². The van der Waals surface area contributed by atoms with E-state index < -0.39 is 109 Å². The van der Waals surface area contributed by atoms with Crippen LogP contribution in [0.5, 0.6) is 0 Å². The highest BCUT2D eigenvalue weighted by Crippen LogP contribution is 2.20. The zero-order valence-corrected chi connectivity index (χ0v) is 38.0. The largest absolute Gasteiger partial charge is 0.392 e. The Morgan fingerprint density at radius 3 is 1.83 bits per heavy atom. The molecule has 0 unspecified atom stereocenters. The Hall–Kier alpha value is -5.38. The molecule has 22 heteroatoms. The molecule has 0 radical (unpaired) electrons. The summed E-state index contributed by atoms with van der Waals surface area (Å²) in [5, 5.41) is 30.0. The summed E-state index contributed by atoms with van der Waals surface area (Å²) in [5.74, 6) is -6.47. The molecule has 0 aliphatic carbocycles. The summed E-state index contributed by atoms with van der Waals surface area (Å²) in [7, 11) is 0. The van der Waals surface area contributed by atoms with Gasteiger partial charge in [0, 0.05) is 32.1 Å². The first kappa shape index (κ1) is 53.8. The second kappa shape index (κ2) is 26.3. The van der Waals surface area contributed by atoms with Crippen LogP contribution in [0, 0.1) is 11.8 Å². The Labute approximate surface area is 369 Å². The lowest BCUT2D eigenvalue weighted by Gasteiger charge is -2.32. The molecule has 2 aliphatic rings. The lowest BCUT2D eigenvalue weighted by molar-refractivity contribution is -0.144. The Morgan fingerprint density at radius 1 is 0.730 bits per heavy atom. The summed E-state index contributed by atoms with van der Waals surface area (Å²) in [5.41, 5.74) is 5.29. The number of aliphatic hydroxyl groups is 1. The van der Waals surface area contributed by atoms with Crippen molar-refractivity contribution in [3.8, 4) is 0 Å². The van der Waals surface area contributed by atoms with Crippen LogP contribution in [-0.4, -0.2) is 162 Å². The van der Waals surface area contributed by atoms with Crippen LogP contribution in [0.25, 0.3) is 0 Å². The second-order valence-electron chi connectivity index (χ2n) is 17.3. The predicted octanol–water partition coefficient (Wildman–Crippen LogP) is -3.38. The van der Waals surface area contributed by atoms with E-state index in [2.05, 4.69) is 42.5 Å². The molecular weight excluding hydrogens is 823 g/mol. The number of rotatable bonds is 25. The van der Waals surface area contributed by atoms with Crippen molar-refractivity contribution in [3.63, 3.8) is 0 Å². The standard InChI is InChI=1S/C41H71N11O11/c1-9-51(24(6)7)41(63)31-11-10-14-52(31)35(57)21-46-36(58)25(8)47-40(62)30(16-23(4)5)49-34(56)20-45-38(60)29(15-22(2)3)50-39(61)27(12-13-32(42)54)48-33(55)19-44-37(59)28-17-26(53)18-43-28/h22-31,43,53H,9-21H2,1-8H3,(H2,42,54)(H,44,59)(H,45,60)(H,46,58)(H,47,62)(H,48,55)(H,49,56)(H,50,61)/t25-,26+,27-,28-,29-,30-,31-/m0/s1. The summed E-state index contributed by atoms with van der Waals surface area (Å²) in [6.07, 6.45) is 0.417. The summed E-state index contributed by atoms with van der Waals surface area (Å²) in [4.78, 5) is 132. The molecule has 0 aromatic rings. The van der Waals surface area contributed by atoms with E-state index >= 15 is 0 Å². The summed E-state index contributed by atoms with van der Waals surface area (Å²) >= 11 is 0. The van der Waals surface area contributed by atoms with Crippen molar-refractivity contribution in [2.45, 2.75) is 149 Å². The molecule has 2 fully saturated rings. The van der Waals surface area contributed by atoms with Crippen LogP contribution < -0.4 is 48.3 Å². The van der Waals surface area contributed by atoms with E-state index in [-0.39, 0.29) is 69.0 Å². The third-order valence-corrected chi connectivity index (χ3v) is 10.6. The molecule has 10 amide bonds. The van der Waals surface area contributed by atoms with Crippen molar-refractivity contribution in [1.82, 2.24) is 52.3 Å². The van der Waals surface area contributed by atoms with Crippen LogP contribution in [0.15, 0.2) is 0 Å². The number of hydrogen-bond acceptors (Lipinski definition) is 12. The minimum Gasteiger partial charge on any atom is -0.392 e. The topological polar surface area (TPSA) is 320 Å². The minimum atomic E-state index is -1.32. The fraction of sp³-hybridized carbons (Fsp3) is 0.756. The number of primary amides is 1. The third kappa shape index (κ3) is 18.5. The smallest absolute Gasteiger partial charge is 0.245 e. The van der Waals surface area contributed by atoms with Crippen LogP contribution in [0.3, 0.4) is 0 Å². The Kier molecular flexibility index (Phi) is 22.4. The van der Waals surface area contributed by atoms with Gasteiger partial charge in [-0.15, -0.1) is 0 Å². The maximum atomic E-state index is 13.4. The van der Waals surface area contributed by atoms with Gasteiger partial charge in [0.15, 0.2) is 0 Å². The average molecular weight is 894 g/mol. The van der Waals surface area contributed by atoms with Crippen molar-refractivity contribution in [2.75, 3.05) is 39.3 Å². The van der Waals surface area contributed by atoms with Crippen molar-refractivity contribution in [2.24, 2.45) is 17.6 Å². The maximum absolute atomic E-state index is 13.4. The molecule has 2 saturated heterocycles. The molecule has 0 aromatic carbocycles. The number of likely N-dealkylation sites (N-methyl/N-ethyl adjacent to an activating group) is 1. The molecule has 0 saturated carbocycles. The number of hydrogen-bond donors (Lipinski definition) is 10. The first-order chi connectivity index (χ1) is 29.5. The van der Waals surface area contributed by atoms with Crippen molar-refractivity contribution in [1.29, 1.82) is 0 Å². The summed E-state index contributed by atoms with van der Waals surface area (Å²) < 4.78 is 0. The SMILES string of the molecule is CCN(C(=O)[C@@H]1CCCN1C(=O)CNC(=O)[C@H](C)NC(=O)[C@H](CC(C)C)NC(=O)CNC(=O)[C@H](CC(C)C)NC(=O)[C@H](CCC(N)=O)NC(=O)CNC(=O)[C@@H]1C[C@@H](O)CN1)C(C)C. The van der Waals surface area contributed by atoms with E-state index in [1.165, 1.54) is 11.8 Å². The highest BCUT2D eigenvalue weighted by atomic mass is 16.3. The van der Waals surface area contributed by atoms with Crippen LogP contribution in [-0.2, 0) is 47.9 Å². The number of aliphatic hydroxyl groups excluding tert-OH is 1. The first-order valence-electron chi connectivity index (χ1n) is 21.9. The maximum Gasteiger partial charge on any atom is 0.245 e. The van der Waals surface area contributed by atoms with E-state index in [0.29, 0.717) is 25.9 Å². The van der Waals surface area contributed by atoms with Crippen molar-refractivity contribution in [3.05, 3.63) is 0 Å². The van der Waals surface area contributed by atoms with Gasteiger partial charge in [-0.1, -0.05) is 27.7 Å². The normalized spacial score (nSPS) is 19.0. The zero-order chi connectivity index (χ0) is 47.6. The molecule has 2 rings (SSSR count). The number of nitrogens with two attached hydrogens (primary N) is 1. The highest BCUT2D eigenvalue weighted by molar-refractivity contribution is 5.97. The number of likely N-dealkylation sites (tertiary alicyclic amines) is 1. The number of amides is 10. The molecule has 63 heavy (non-hydrogen) atoms.